The van der Waals surface area contributed by atoms with Gasteiger partial charge in [0.2, 0.25) is 5.91 Å². The summed E-state index contributed by atoms with van der Waals surface area (Å²) in [5, 5.41) is 3.02. The monoisotopic (exact) mass is 347 g/mol. The molecule has 0 atom stereocenters. The van der Waals surface area contributed by atoms with E-state index in [9.17, 15) is 4.79 Å². The molecule has 6 heteroatoms. The van der Waals surface area contributed by atoms with Crippen LogP contribution in [0.5, 0.6) is 0 Å². The van der Waals surface area contributed by atoms with Crippen molar-refractivity contribution in [2.24, 2.45) is 0 Å². The Labute approximate surface area is 150 Å². The van der Waals surface area contributed by atoms with Crippen LogP contribution in [0.4, 0.5) is 5.69 Å². The van der Waals surface area contributed by atoms with Gasteiger partial charge in [-0.3, -0.25) is 9.69 Å². The number of amides is 1. The number of morpholine rings is 2. The molecule has 0 saturated carbocycles. The molecule has 2 aliphatic heterocycles. The van der Waals surface area contributed by atoms with Crippen LogP contribution in [0.3, 0.4) is 0 Å². The first kappa shape index (κ1) is 18.2. The molecule has 6 nitrogen and oxygen atoms in total. The topological polar surface area (TPSA) is 54.0 Å². The van der Waals surface area contributed by atoms with E-state index in [2.05, 4.69) is 39.4 Å². The third-order valence-electron chi connectivity index (χ3n) is 4.81. The van der Waals surface area contributed by atoms with E-state index in [1.54, 1.807) is 0 Å². The highest BCUT2D eigenvalue weighted by Crippen LogP contribution is 2.17. The van der Waals surface area contributed by atoms with Crippen molar-refractivity contribution in [2.75, 3.05) is 70.6 Å². The van der Waals surface area contributed by atoms with E-state index in [4.69, 9.17) is 9.47 Å². The molecule has 25 heavy (non-hydrogen) atoms. The van der Waals surface area contributed by atoms with Crippen LogP contribution in [-0.4, -0.2) is 76.5 Å². The molecule has 0 spiro atoms. The maximum atomic E-state index is 12.0. The molecular formula is C19H29N3O3. The Bertz CT molecular complexity index is 523. The summed E-state index contributed by atoms with van der Waals surface area (Å²) >= 11 is 0. The molecule has 1 N–H and O–H groups in total. The van der Waals surface area contributed by atoms with Crippen LogP contribution >= 0.6 is 0 Å². The fourth-order valence-electron chi connectivity index (χ4n) is 3.22. The Morgan fingerprint density at radius 2 is 1.60 bits per heavy atom. The van der Waals surface area contributed by atoms with Crippen molar-refractivity contribution in [1.29, 1.82) is 0 Å². The van der Waals surface area contributed by atoms with E-state index < -0.39 is 0 Å². The molecular weight excluding hydrogens is 318 g/mol. The summed E-state index contributed by atoms with van der Waals surface area (Å²) in [6, 6.07) is 8.56. The standard InChI is InChI=1S/C19H29N3O3/c23-19(20-7-8-21-9-13-24-14-10-21)6-3-17-1-4-18(5-2-17)22-11-15-25-16-12-22/h1-2,4-5H,3,6-16H2,(H,20,23). The van der Waals surface area contributed by atoms with Crippen molar-refractivity contribution in [1.82, 2.24) is 10.2 Å². The molecule has 2 aliphatic rings. The Balaban J connectivity index is 1.34. The second-order valence-corrected chi connectivity index (χ2v) is 6.57. The first-order valence-electron chi connectivity index (χ1n) is 9.30. The van der Waals surface area contributed by atoms with Gasteiger partial charge in [-0.2, -0.15) is 0 Å². The van der Waals surface area contributed by atoms with Gasteiger partial charge in [-0.05, 0) is 24.1 Å². The van der Waals surface area contributed by atoms with E-state index in [-0.39, 0.29) is 5.91 Å². The lowest BCUT2D eigenvalue weighted by atomic mass is 10.1. The largest absolute Gasteiger partial charge is 0.379 e. The van der Waals surface area contributed by atoms with Crippen molar-refractivity contribution >= 4 is 11.6 Å². The number of hydrogen-bond acceptors (Lipinski definition) is 5. The molecule has 1 amide bonds. The summed E-state index contributed by atoms with van der Waals surface area (Å²) in [4.78, 5) is 16.7. The zero-order valence-electron chi connectivity index (χ0n) is 14.9. The van der Waals surface area contributed by atoms with E-state index in [0.717, 1.165) is 72.1 Å². The van der Waals surface area contributed by atoms with E-state index in [0.29, 0.717) is 6.42 Å². The number of benzene rings is 1. The number of hydrogen-bond donors (Lipinski definition) is 1. The van der Waals surface area contributed by atoms with Gasteiger partial charge < -0.3 is 19.7 Å². The lowest BCUT2D eigenvalue weighted by molar-refractivity contribution is -0.121. The molecule has 0 radical (unpaired) electrons. The smallest absolute Gasteiger partial charge is 0.220 e. The van der Waals surface area contributed by atoms with Crippen LogP contribution in [0, 0.1) is 0 Å². The highest BCUT2D eigenvalue weighted by molar-refractivity contribution is 5.76. The fraction of sp³-hybridized carbons (Fsp3) is 0.632. The SMILES string of the molecule is O=C(CCc1ccc(N2CCOCC2)cc1)NCCN1CCOCC1. The number of nitrogens with zero attached hydrogens (tertiary/aromatic N) is 2. The number of carbonyl (C=O) groups excluding carboxylic acids is 1. The maximum absolute atomic E-state index is 12.0. The number of nitrogens with one attached hydrogen (secondary N) is 1. The van der Waals surface area contributed by atoms with Crippen molar-refractivity contribution in [2.45, 2.75) is 12.8 Å². The summed E-state index contributed by atoms with van der Waals surface area (Å²) in [7, 11) is 0. The summed E-state index contributed by atoms with van der Waals surface area (Å²) in [6.07, 6.45) is 1.33. The molecule has 0 aliphatic carbocycles. The minimum Gasteiger partial charge on any atom is -0.379 e. The van der Waals surface area contributed by atoms with Crippen molar-refractivity contribution in [3.8, 4) is 0 Å². The minimum absolute atomic E-state index is 0.130. The van der Waals surface area contributed by atoms with Gasteiger partial charge in [0.15, 0.2) is 0 Å². The lowest BCUT2D eigenvalue weighted by Crippen LogP contribution is -2.41. The van der Waals surface area contributed by atoms with E-state index >= 15 is 0 Å². The van der Waals surface area contributed by atoms with Crippen LogP contribution in [0.15, 0.2) is 24.3 Å². The van der Waals surface area contributed by atoms with Crippen LogP contribution in [0.1, 0.15) is 12.0 Å². The van der Waals surface area contributed by atoms with Crippen molar-refractivity contribution < 1.29 is 14.3 Å². The molecule has 1 aromatic rings. The van der Waals surface area contributed by atoms with Crippen LogP contribution in [0.25, 0.3) is 0 Å². The summed E-state index contributed by atoms with van der Waals surface area (Å²) in [6.45, 7) is 8.65. The van der Waals surface area contributed by atoms with Gasteiger partial charge >= 0.3 is 0 Å². The summed E-state index contributed by atoms with van der Waals surface area (Å²) in [5.74, 6) is 0.130. The Morgan fingerprint density at radius 1 is 0.960 bits per heavy atom. The zero-order chi connectivity index (χ0) is 17.3. The average Bonchev–Trinajstić information content (AvgIpc) is 2.68. The quantitative estimate of drug-likeness (QED) is 0.794. The first-order chi connectivity index (χ1) is 12.3. The summed E-state index contributed by atoms with van der Waals surface area (Å²) in [5.41, 5.74) is 2.45. The molecule has 1 aromatic carbocycles. The zero-order valence-corrected chi connectivity index (χ0v) is 14.9. The van der Waals surface area contributed by atoms with Gasteiger partial charge in [0.25, 0.3) is 0 Å². The average molecular weight is 347 g/mol. The second-order valence-electron chi connectivity index (χ2n) is 6.57. The highest BCUT2D eigenvalue weighted by Gasteiger charge is 2.12. The normalized spacial score (nSPS) is 19.0. The summed E-state index contributed by atoms with van der Waals surface area (Å²) < 4.78 is 10.7. The first-order valence-corrected chi connectivity index (χ1v) is 9.30. The van der Waals surface area contributed by atoms with E-state index in [1.807, 2.05) is 0 Å². The van der Waals surface area contributed by atoms with Crippen molar-refractivity contribution in [3.63, 3.8) is 0 Å². The van der Waals surface area contributed by atoms with Gasteiger partial charge in [0.05, 0.1) is 26.4 Å². The molecule has 0 unspecified atom stereocenters. The number of rotatable bonds is 7. The van der Waals surface area contributed by atoms with Crippen LogP contribution in [0.2, 0.25) is 0 Å². The molecule has 0 aromatic heterocycles. The third kappa shape index (κ3) is 5.99. The Hall–Kier alpha value is -1.63. The molecule has 2 saturated heterocycles. The lowest BCUT2D eigenvalue weighted by Gasteiger charge is -2.28. The van der Waals surface area contributed by atoms with Gasteiger partial charge in [-0.1, -0.05) is 12.1 Å². The van der Waals surface area contributed by atoms with Crippen molar-refractivity contribution in [3.05, 3.63) is 29.8 Å². The predicted octanol–water partition coefficient (Wildman–Crippen LogP) is 0.904. The van der Waals surface area contributed by atoms with Gasteiger partial charge in [-0.25, -0.2) is 0 Å². The highest BCUT2D eigenvalue weighted by atomic mass is 16.5. The second kappa shape index (κ2) is 9.75. The molecule has 138 valence electrons. The third-order valence-corrected chi connectivity index (χ3v) is 4.81. The molecule has 3 rings (SSSR count). The molecule has 2 fully saturated rings. The van der Waals surface area contributed by atoms with Crippen LogP contribution in [-0.2, 0) is 20.7 Å². The number of carbonyl (C=O) groups is 1. The molecule has 2 heterocycles. The van der Waals surface area contributed by atoms with Gasteiger partial charge in [-0.15, -0.1) is 0 Å². The van der Waals surface area contributed by atoms with E-state index in [1.165, 1.54) is 11.3 Å². The maximum Gasteiger partial charge on any atom is 0.220 e. The predicted molar refractivity (Wildman–Crippen MR) is 98.1 cm³/mol. The Morgan fingerprint density at radius 3 is 2.28 bits per heavy atom. The number of aryl methyl sites for hydroxylation is 1. The fourth-order valence-corrected chi connectivity index (χ4v) is 3.22. The van der Waals surface area contributed by atoms with Gasteiger partial charge in [0.1, 0.15) is 0 Å². The van der Waals surface area contributed by atoms with Crippen LogP contribution < -0.4 is 10.2 Å². The number of anilines is 1. The number of ether oxygens (including phenoxy) is 2. The molecule has 0 bridgehead atoms. The minimum atomic E-state index is 0.130. The van der Waals surface area contributed by atoms with Gasteiger partial charge in [0, 0.05) is 51.4 Å². The Kier molecular flexibility index (Phi) is 7.09.